The molecule has 4 heteroatoms. The van der Waals surface area contributed by atoms with Crippen molar-refractivity contribution in [3.63, 3.8) is 0 Å². The van der Waals surface area contributed by atoms with Gasteiger partial charge in [0, 0.05) is 30.1 Å². The van der Waals surface area contributed by atoms with Crippen LogP contribution < -0.4 is 5.73 Å². The fraction of sp³-hybridized carbons (Fsp3) is 0.500. The smallest absolute Gasteiger partial charge is 0.0679 e. The molecule has 0 amide bonds. The Morgan fingerprint density at radius 3 is 2.81 bits per heavy atom. The van der Waals surface area contributed by atoms with Crippen molar-refractivity contribution in [2.75, 3.05) is 19.6 Å². The summed E-state index contributed by atoms with van der Waals surface area (Å²) >= 11 is 3.56. The fourth-order valence-corrected chi connectivity index (χ4v) is 2.82. The Morgan fingerprint density at radius 2 is 2.25 bits per heavy atom. The van der Waals surface area contributed by atoms with E-state index >= 15 is 0 Å². The Balaban J connectivity index is 2.19. The first-order chi connectivity index (χ1) is 7.72. The lowest BCUT2D eigenvalue weighted by Gasteiger charge is -2.27. The minimum atomic E-state index is -0.198. The molecule has 1 aromatic rings. The summed E-state index contributed by atoms with van der Waals surface area (Å²) in [4.78, 5) is 2.25. The van der Waals surface area contributed by atoms with Gasteiger partial charge in [0.15, 0.2) is 0 Å². The number of benzene rings is 1. The summed E-state index contributed by atoms with van der Waals surface area (Å²) in [7, 11) is 0. The number of rotatable bonds is 3. The fourth-order valence-electron chi connectivity index (χ4n) is 2.27. The Bertz CT molecular complexity index is 359. The van der Waals surface area contributed by atoms with Crippen LogP contribution in [-0.2, 0) is 0 Å². The molecule has 2 atom stereocenters. The summed E-state index contributed by atoms with van der Waals surface area (Å²) in [6.45, 7) is 2.23. The van der Waals surface area contributed by atoms with Gasteiger partial charge < -0.3 is 10.8 Å². The van der Waals surface area contributed by atoms with Gasteiger partial charge in [-0.25, -0.2) is 0 Å². The van der Waals surface area contributed by atoms with Crippen molar-refractivity contribution in [3.05, 3.63) is 34.3 Å². The van der Waals surface area contributed by atoms with Crippen molar-refractivity contribution in [2.24, 2.45) is 5.73 Å². The molecule has 1 aromatic carbocycles. The maximum absolute atomic E-state index is 9.57. The number of aliphatic hydroxyl groups is 1. The third-order valence-corrected chi connectivity index (χ3v) is 3.85. The first kappa shape index (κ1) is 12.0. The Morgan fingerprint density at radius 1 is 1.50 bits per heavy atom. The molecule has 1 fully saturated rings. The van der Waals surface area contributed by atoms with Crippen molar-refractivity contribution in [2.45, 2.75) is 18.6 Å². The number of hydrogen-bond donors (Lipinski definition) is 2. The summed E-state index contributed by atoms with van der Waals surface area (Å²) in [5.41, 5.74) is 7.06. The van der Waals surface area contributed by atoms with Crippen molar-refractivity contribution in [1.82, 2.24) is 4.90 Å². The molecule has 1 aliphatic heterocycles. The summed E-state index contributed by atoms with van der Waals surface area (Å²) < 4.78 is 1.09. The van der Waals surface area contributed by atoms with Crippen molar-refractivity contribution in [1.29, 1.82) is 0 Å². The number of nitrogens with two attached hydrogens (primary N) is 1. The van der Waals surface area contributed by atoms with Gasteiger partial charge in [0.1, 0.15) is 0 Å². The van der Waals surface area contributed by atoms with Crippen LogP contribution in [0.3, 0.4) is 0 Å². The number of aliphatic hydroxyl groups excluding tert-OH is 1. The molecule has 0 aliphatic carbocycles. The minimum absolute atomic E-state index is 0.198. The lowest BCUT2D eigenvalue weighted by Crippen LogP contribution is -2.32. The number of β-amino-alcohol motifs (C(OH)–C–C–N with tert-alkyl or cyclic N) is 1. The van der Waals surface area contributed by atoms with Gasteiger partial charge in [-0.1, -0.05) is 34.1 Å². The van der Waals surface area contributed by atoms with Crippen LogP contribution in [0.4, 0.5) is 0 Å². The number of likely N-dealkylation sites (tertiary alicyclic amines) is 1. The first-order valence-corrected chi connectivity index (χ1v) is 6.38. The third kappa shape index (κ3) is 2.46. The van der Waals surface area contributed by atoms with E-state index in [0.29, 0.717) is 6.54 Å². The highest BCUT2D eigenvalue weighted by Crippen LogP contribution is 2.29. The Hall–Kier alpha value is -0.420. The molecule has 88 valence electrons. The van der Waals surface area contributed by atoms with E-state index in [9.17, 15) is 5.11 Å². The van der Waals surface area contributed by atoms with Gasteiger partial charge in [-0.3, -0.25) is 4.90 Å². The molecule has 16 heavy (non-hydrogen) atoms. The molecular formula is C12H17BrN2O. The van der Waals surface area contributed by atoms with Gasteiger partial charge >= 0.3 is 0 Å². The predicted octanol–water partition coefficient (Wildman–Crippen LogP) is 1.52. The topological polar surface area (TPSA) is 49.5 Å². The van der Waals surface area contributed by atoms with Crippen molar-refractivity contribution >= 4 is 15.9 Å². The zero-order chi connectivity index (χ0) is 11.5. The molecule has 3 nitrogen and oxygen atoms in total. The molecule has 2 rings (SSSR count). The van der Waals surface area contributed by atoms with E-state index in [1.807, 2.05) is 18.2 Å². The predicted molar refractivity (Wildman–Crippen MR) is 68.1 cm³/mol. The zero-order valence-corrected chi connectivity index (χ0v) is 10.7. The number of hydrogen-bond acceptors (Lipinski definition) is 3. The largest absolute Gasteiger partial charge is 0.392 e. The van der Waals surface area contributed by atoms with E-state index < -0.39 is 0 Å². The van der Waals surface area contributed by atoms with Crippen LogP contribution in [0, 0.1) is 0 Å². The second-order valence-corrected chi connectivity index (χ2v) is 5.06. The van der Waals surface area contributed by atoms with Gasteiger partial charge in [-0.2, -0.15) is 0 Å². The maximum Gasteiger partial charge on any atom is 0.0679 e. The number of nitrogens with zero attached hydrogens (tertiary/aromatic N) is 1. The zero-order valence-electron chi connectivity index (χ0n) is 9.14. The van der Waals surface area contributed by atoms with Crippen LogP contribution in [0.1, 0.15) is 18.0 Å². The third-order valence-electron chi connectivity index (χ3n) is 3.12. The second-order valence-electron chi connectivity index (χ2n) is 4.21. The normalized spacial score (nSPS) is 23.6. The highest BCUT2D eigenvalue weighted by atomic mass is 79.9. The molecule has 0 aromatic heterocycles. The molecule has 0 saturated carbocycles. The average molecular weight is 285 g/mol. The van der Waals surface area contributed by atoms with Gasteiger partial charge in [0.05, 0.1) is 6.10 Å². The monoisotopic (exact) mass is 284 g/mol. The van der Waals surface area contributed by atoms with E-state index in [1.165, 1.54) is 5.56 Å². The summed E-state index contributed by atoms with van der Waals surface area (Å²) in [6.07, 6.45) is 0.651. The van der Waals surface area contributed by atoms with Crippen LogP contribution in [0.5, 0.6) is 0 Å². The second kappa shape index (κ2) is 5.27. The highest BCUT2D eigenvalue weighted by Gasteiger charge is 2.27. The summed E-state index contributed by atoms with van der Waals surface area (Å²) in [5.74, 6) is 0. The van der Waals surface area contributed by atoms with Crippen LogP contribution >= 0.6 is 15.9 Å². The lowest BCUT2D eigenvalue weighted by molar-refractivity contribution is 0.160. The van der Waals surface area contributed by atoms with Gasteiger partial charge in [-0.15, -0.1) is 0 Å². The summed E-state index contributed by atoms with van der Waals surface area (Å²) in [5, 5.41) is 9.57. The Labute approximate surface area is 104 Å². The molecule has 1 aliphatic rings. The van der Waals surface area contributed by atoms with E-state index in [1.54, 1.807) is 0 Å². The molecule has 2 unspecified atom stereocenters. The Kier molecular flexibility index (Phi) is 3.97. The van der Waals surface area contributed by atoms with Gasteiger partial charge in [0.25, 0.3) is 0 Å². The van der Waals surface area contributed by atoms with Crippen molar-refractivity contribution < 1.29 is 5.11 Å². The van der Waals surface area contributed by atoms with Gasteiger partial charge in [0.2, 0.25) is 0 Å². The van der Waals surface area contributed by atoms with Crippen LogP contribution in [-0.4, -0.2) is 35.7 Å². The molecule has 0 radical (unpaired) electrons. The van der Waals surface area contributed by atoms with Crippen molar-refractivity contribution in [3.8, 4) is 0 Å². The maximum atomic E-state index is 9.57. The van der Waals surface area contributed by atoms with Gasteiger partial charge in [-0.05, 0) is 18.1 Å². The minimum Gasteiger partial charge on any atom is -0.392 e. The van der Waals surface area contributed by atoms with E-state index in [0.717, 1.165) is 24.0 Å². The quantitative estimate of drug-likeness (QED) is 0.885. The average Bonchev–Trinajstić information content (AvgIpc) is 2.69. The van der Waals surface area contributed by atoms with E-state index in [4.69, 9.17) is 5.73 Å². The number of halogens is 1. The molecular weight excluding hydrogens is 268 g/mol. The molecule has 3 N–H and O–H groups in total. The highest BCUT2D eigenvalue weighted by molar-refractivity contribution is 9.10. The lowest BCUT2D eigenvalue weighted by atomic mass is 10.1. The molecule has 0 bridgehead atoms. The van der Waals surface area contributed by atoms with E-state index in [2.05, 4.69) is 26.9 Å². The van der Waals surface area contributed by atoms with Crippen LogP contribution in [0.15, 0.2) is 28.7 Å². The SMILES string of the molecule is NCC(c1ccccc1Br)N1CCC(O)C1. The van der Waals surface area contributed by atoms with Crippen LogP contribution in [0.2, 0.25) is 0 Å². The molecule has 0 spiro atoms. The summed E-state index contributed by atoms with van der Waals surface area (Å²) in [6, 6.07) is 8.35. The molecule has 1 heterocycles. The first-order valence-electron chi connectivity index (χ1n) is 5.59. The van der Waals surface area contributed by atoms with Crippen LogP contribution in [0.25, 0.3) is 0 Å². The standard InChI is InChI=1S/C12H17BrN2O/c13-11-4-2-1-3-10(11)12(7-14)15-6-5-9(16)8-15/h1-4,9,12,16H,5-8,14H2. The van der Waals surface area contributed by atoms with E-state index in [-0.39, 0.29) is 12.1 Å². The molecule has 1 saturated heterocycles.